The summed E-state index contributed by atoms with van der Waals surface area (Å²) < 4.78 is 4.78. The number of carbonyl (C=O) groups is 1. The summed E-state index contributed by atoms with van der Waals surface area (Å²) in [5.41, 5.74) is 1.42. The zero-order valence-corrected chi connectivity index (χ0v) is 20.1. The van der Waals surface area contributed by atoms with Crippen molar-refractivity contribution in [1.29, 1.82) is 0 Å². The van der Waals surface area contributed by atoms with Crippen LogP contribution in [-0.4, -0.2) is 46.1 Å². The Morgan fingerprint density at radius 2 is 1.97 bits per heavy atom. The van der Waals surface area contributed by atoms with E-state index in [9.17, 15) is 9.90 Å². The fraction of sp³-hybridized carbons (Fsp3) is 0.654. The van der Waals surface area contributed by atoms with E-state index in [0.29, 0.717) is 18.5 Å². The smallest absolute Gasteiger partial charge is 0.310 e. The van der Waals surface area contributed by atoms with Crippen molar-refractivity contribution < 1.29 is 14.6 Å². The highest BCUT2D eigenvalue weighted by Crippen LogP contribution is 2.40. The Balaban J connectivity index is 0.000000222. The van der Waals surface area contributed by atoms with Crippen LogP contribution in [0.4, 0.5) is 0 Å². The van der Waals surface area contributed by atoms with Crippen LogP contribution in [0, 0.1) is 17.3 Å². The molecule has 6 heteroatoms. The number of phenols is 1. The summed E-state index contributed by atoms with van der Waals surface area (Å²) in [6, 6.07) is 5.03. The molecule has 0 radical (unpaired) electrons. The Hall–Kier alpha value is -2.21. The number of carbonyl (C=O) groups excluding carboxylic acids is 1. The molecular weight excluding hydrogens is 402 g/mol. The third kappa shape index (κ3) is 6.41. The molecule has 1 aromatic carbocycles. The van der Waals surface area contributed by atoms with Crippen molar-refractivity contribution in [3.05, 3.63) is 30.2 Å². The van der Waals surface area contributed by atoms with Gasteiger partial charge in [0.05, 0.1) is 25.1 Å². The van der Waals surface area contributed by atoms with Gasteiger partial charge in [0.1, 0.15) is 11.6 Å². The lowest BCUT2D eigenvalue weighted by Crippen LogP contribution is -2.25. The highest BCUT2D eigenvalue weighted by atomic mass is 16.5. The van der Waals surface area contributed by atoms with Crippen LogP contribution in [0.1, 0.15) is 71.5 Å². The van der Waals surface area contributed by atoms with Gasteiger partial charge in [-0.2, -0.15) is 0 Å². The molecule has 4 rings (SSSR count). The molecule has 6 nitrogen and oxygen atoms in total. The van der Waals surface area contributed by atoms with Crippen LogP contribution in [-0.2, 0) is 16.1 Å². The first-order chi connectivity index (χ1) is 15.3. The number of aromatic hydroxyl groups is 1. The van der Waals surface area contributed by atoms with Gasteiger partial charge in [0, 0.05) is 18.1 Å². The molecule has 1 aliphatic heterocycles. The van der Waals surface area contributed by atoms with Gasteiger partial charge in [0.2, 0.25) is 0 Å². The number of nitrogens with zero attached hydrogens (tertiary/aromatic N) is 3. The van der Waals surface area contributed by atoms with Gasteiger partial charge in [-0.05, 0) is 55.3 Å². The number of methoxy groups -OCH3 is 1. The molecule has 1 N–H and O–H groups in total. The summed E-state index contributed by atoms with van der Waals surface area (Å²) in [5.74, 6) is 1.75. The maximum absolute atomic E-state index is 11.5. The second-order valence-corrected chi connectivity index (χ2v) is 9.95. The number of hydrogen-bond donors (Lipinski definition) is 1. The molecule has 2 fully saturated rings. The molecule has 32 heavy (non-hydrogen) atoms. The van der Waals surface area contributed by atoms with Gasteiger partial charge in [0.15, 0.2) is 0 Å². The average Bonchev–Trinajstić information content (AvgIpc) is 3.28. The monoisotopic (exact) mass is 441 g/mol. The fourth-order valence-electron chi connectivity index (χ4n) is 4.84. The molecular formula is C26H39N3O3. The Labute approximate surface area is 192 Å². The molecule has 1 atom stereocenters. The zero-order chi connectivity index (χ0) is 23.1. The van der Waals surface area contributed by atoms with E-state index in [1.54, 1.807) is 24.4 Å². The van der Waals surface area contributed by atoms with Crippen molar-refractivity contribution in [2.75, 3.05) is 20.2 Å². The van der Waals surface area contributed by atoms with E-state index >= 15 is 0 Å². The number of esters is 1. The molecule has 0 unspecified atom stereocenters. The number of rotatable bonds is 5. The van der Waals surface area contributed by atoms with Gasteiger partial charge < -0.3 is 9.84 Å². The minimum atomic E-state index is -0.146. The number of phenolic OH excluding ortho intramolecular Hbond substituents is 1. The first kappa shape index (κ1) is 24.4. The van der Waals surface area contributed by atoms with Crippen molar-refractivity contribution in [3.8, 4) is 5.75 Å². The van der Waals surface area contributed by atoms with Gasteiger partial charge in [-0.25, -0.2) is 9.97 Å². The van der Waals surface area contributed by atoms with Gasteiger partial charge in [-0.15, -0.1) is 0 Å². The third-order valence-corrected chi connectivity index (χ3v) is 7.41. The minimum Gasteiger partial charge on any atom is -0.508 e. The van der Waals surface area contributed by atoms with Crippen LogP contribution in [0.25, 0.3) is 10.9 Å². The minimum absolute atomic E-state index is 0.0487. The van der Waals surface area contributed by atoms with E-state index in [-0.39, 0.29) is 17.6 Å². The SMILES string of the molecule is CCC(C)(C)C1CCCCC1.COC(=O)[C@@H]1CCN(Cc2ncc3cc(O)ccc3n2)C1. The zero-order valence-electron chi connectivity index (χ0n) is 20.1. The average molecular weight is 442 g/mol. The van der Waals surface area contributed by atoms with Crippen LogP contribution in [0.15, 0.2) is 24.4 Å². The molecule has 1 aliphatic carbocycles. The number of fused-ring (bicyclic) bond motifs is 1. The second kappa shape index (κ2) is 11.1. The summed E-state index contributed by atoms with van der Waals surface area (Å²) in [5, 5.41) is 10.2. The lowest BCUT2D eigenvalue weighted by molar-refractivity contribution is -0.144. The molecule has 0 amide bonds. The number of benzene rings is 1. The van der Waals surface area contributed by atoms with Gasteiger partial charge >= 0.3 is 5.97 Å². The number of aromatic nitrogens is 2. The fourth-order valence-corrected chi connectivity index (χ4v) is 4.84. The van der Waals surface area contributed by atoms with Crippen molar-refractivity contribution in [2.45, 2.75) is 72.3 Å². The maximum Gasteiger partial charge on any atom is 0.310 e. The summed E-state index contributed by atoms with van der Waals surface area (Å²) in [6.07, 6.45) is 11.3. The molecule has 2 heterocycles. The van der Waals surface area contributed by atoms with E-state index in [4.69, 9.17) is 4.74 Å². The van der Waals surface area contributed by atoms with E-state index in [0.717, 1.165) is 35.6 Å². The Morgan fingerprint density at radius 1 is 1.22 bits per heavy atom. The van der Waals surface area contributed by atoms with Crippen LogP contribution < -0.4 is 0 Å². The topological polar surface area (TPSA) is 75.5 Å². The highest BCUT2D eigenvalue weighted by molar-refractivity contribution is 5.79. The first-order valence-electron chi connectivity index (χ1n) is 12.1. The molecule has 2 aliphatic rings. The number of likely N-dealkylation sites (tertiary alicyclic amines) is 1. The van der Waals surface area contributed by atoms with Gasteiger partial charge in [-0.1, -0.05) is 46.5 Å². The van der Waals surface area contributed by atoms with Crippen molar-refractivity contribution in [1.82, 2.24) is 14.9 Å². The van der Waals surface area contributed by atoms with Crippen molar-refractivity contribution in [2.24, 2.45) is 17.3 Å². The lowest BCUT2D eigenvalue weighted by atomic mass is 9.70. The maximum atomic E-state index is 11.5. The molecule has 0 spiro atoms. The predicted octanol–water partition coefficient (Wildman–Crippen LogP) is 5.33. The Bertz CT molecular complexity index is 893. The first-order valence-corrected chi connectivity index (χ1v) is 12.1. The molecule has 2 aromatic rings. The van der Waals surface area contributed by atoms with Crippen molar-refractivity contribution >= 4 is 16.9 Å². The van der Waals surface area contributed by atoms with Crippen LogP contribution in [0.5, 0.6) is 5.75 Å². The summed E-state index contributed by atoms with van der Waals surface area (Å²) in [4.78, 5) is 22.5. The number of hydrogen-bond acceptors (Lipinski definition) is 6. The number of ether oxygens (including phenoxy) is 1. The Kier molecular flexibility index (Phi) is 8.46. The lowest BCUT2D eigenvalue weighted by Gasteiger charge is -2.36. The van der Waals surface area contributed by atoms with E-state index < -0.39 is 0 Å². The largest absolute Gasteiger partial charge is 0.508 e. The summed E-state index contributed by atoms with van der Waals surface area (Å²) >= 11 is 0. The van der Waals surface area contributed by atoms with Crippen LogP contribution in [0.3, 0.4) is 0 Å². The van der Waals surface area contributed by atoms with Crippen LogP contribution in [0.2, 0.25) is 0 Å². The highest BCUT2D eigenvalue weighted by Gasteiger charge is 2.29. The molecule has 176 valence electrons. The van der Waals surface area contributed by atoms with E-state index in [1.807, 2.05) is 0 Å². The molecule has 1 saturated carbocycles. The molecule has 1 saturated heterocycles. The second-order valence-electron chi connectivity index (χ2n) is 9.95. The summed E-state index contributed by atoms with van der Waals surface area (Å²) in [6.45, 7) is 9.34. The quantitative estimate of drug-likeness (QED) is 0.632. The molecule has 0 bridgehead atoms. The van der Waals surface area contributed by atoms with Gasteiger partial charge in [0.25, 0.3) is 0 Å². The molecule has 1 aromatic heterocycles. The van der Waals surface area contributed by atoms with E-state index in [2.05, 4.69) is 35.6 Å². The predicted molar refractivity (Wildman–Crippen MR) is 127 cm³/mol. The standard InChI is InChI=1S/C15H17N3O3.C11H22/c1-21-15(20)10-4-5-18(8-10)9-14-16-7-11-6-12(19)2-3-13(11)17-14;1-4-11(2,3)10-8-6-5-7-9-10/h2-3,6-7,10,19H,4-5,8-9H2,1H3;10H,4-9H2,1-3H3/t10-;/m1./s1. The van der Waals surface area contributed by atoms with E-state index in [1.165, 1.54) is 45.6 Å². The Morgan fingerprint density at radius 3 is 2.66 bits per heavy atom. The van der Waals surface area contributed by atoms with Gasteiger partial charge in [-0.3, -0.25) is 9.69 Å². The normalized spacial score (nSPS) is 20.1. The summed E-state index contributed by atoms with van der Waals surface area (Å²) in [7, 11) is 1.42. The third-order valence-electron chi connectivity index (χ3n) is 7.41. The van der Waals surface area contributed by atoms with Crippen LogP contribution >= 0.6 is 0 Å². The van der Waals surface area contributed by atoms with Crippen molar-refractivity contribution in [3.63, 3.8) is 0 Å².